The van der Waals surface area contributed by atoms with E-state index in [0.29, 0.717) is 26.9 Å². The van der Waals surface area contributed by atoms with E-state index >= 15 is 0 Å². The van der Waals surface area contributed by atoms with E-state index in [1.807, 2.05) is 6.07 Å². The van der Waals surface area contributed by atoms with Crippen LogP contribution in [-0.4, -0.2) is 58.9 Å². The number of nitrogens with one attached hydrogen (secondary N) is 1. The van der Waals surface area contributed by atoms with E-state index < -0.39 is 18.1 Å². The summed E-state index contributed by atoms with van der Waals surface area (Å²) in [5.41, 5.74) is 3.22. The highest BCUT2D eigenvalue weighted by Gasteiger charge is 2.38. The predicted molar refractivity (Wildman–Crippen MR) is 142 cm³/mol. The Hall–Kier alpha value is -3.59. The Morgan fingerprint density at radius 3 is 2.38 bits per heavy atom. The molecule has 1 saturated heterocycles. The second kappa shape index (κ2) is 11.6. The number of amides is 2. The van der Waals surface area contributed by atoms with Crippen LogP contribution in [0, 0.1) is 0 Å². The molecule has 192 valence electrons. The van der Waals surface area contributed by atoms with Crippen LogP contribution in [0.2, 0.25) is 10.0 Å². The van der Waals surface area contributed by atoms with Gasteiger partial charge in [-0.15, -0.1) is 0 Å². The first-order valence-corrected chi connectivity index (χ1v) is 12.2. The van der Waals surface area contributed by atoms with Crippen molar-refractivity contribution < 1.29 is 24.6 Å². The molecule has 3 aromatic rings. The van der Waals surface area contributed by atoms with E-state index in [1.54, 1.807) is 48.5 Å². The third kappa shape index (κ3) is 6.22. The Morgan fingerprint density at radius 1 is 1.05 bits per heavy atom. The molecule has 3 aromatic carbocycles. The molecule has 3 N–H and O–H groups in total. The van der Waals surface area contributed by atoms with Gasteiger partial charge >= 0.3 is 0 Å². The van der Waals surface area contributed by atoms with Crippen molar-refractivity contribution in [2.45, 2.75) is 18.6 Å². The minimum atomic E-state index is -0.976. The fourth-order valence-corrected chi connectivity index (χ4v) is 4.42. The summed E-state index contributed by atoms with van der Waals surface area (Å²) in [6, 6.07) is 17.5. The SMILES string of the molecule is CO/N=C1/C[C@@H](C(=O)NCC(O)c2ccc(O)cc2)N(C(=O)c2ccc(-c3ccc(Cl)c(Cl)c3)cc2)C1. The number of carbonyl (C=O) groups is 2. The molecule has 0 bridgehead atoms. The highest BCUT2D eigenvalue weighted by atomic mass is 35.5. The van der Waals surface area contributed by atoms with Crippen molar-refractivity contribution in [1.82, 2.24) is 10.2 Å². The van der Waals surface area contributed by atoms with Gasteiger partial charge in [0.2, 0.25) is 5.91 Å². The van der Waals surface area contributed by atoms with Gasteiger partial charge in [-0.2, -0.15) is 0 Å². The lowest BCUT2D eigenvalue weighted by Crippen LogP contribution is -2.46. The molecule has 4 rings (SSSR count). The van der Waals surface area contributed by atoms with Crippen LogP contribution in [0.3, 0.4) is 0 Å². The minimum absolute atomic E-state index is 0.0583. The summed E-state index contributed by atoms with van der Waals surface area (Å²) >= 11 is 12.1. The molecule has 0 aliphatic carbocycles. The number of benzene rings is 3. The Balaban J connectivity index is 1.47. The molecule has 2 amide bonds. The molecule has 1 fully saturated rings. The number of carbonyl (C=O) groups excluding carboxylic acids is 2. The largest absolute Gasteiger partial charge is 0.508 e. The lowest BCUT2D eigenvalue weighted by molar-refractivity contribution is -0.125. The summed E-state index contributed by atoms with van der Waals surface area (Å²) in [5.74, 6) is -0.670. The zero-order valence-corrected chi connectivity index (χ0v) is 21.4. The van der Waals surface area contributed by atoms with Gasteiger partial charge in [-0.25, -0.2) is 0 Å². The summed E-state index contributed by atoms with van der Waals surface area (Å²) in [5, 5.41) is 27.4. The van der Waals surface area contributed by atoms with Crippen molar-refractivity contribution in [3.63, 3.8) is 0 Å². The van der Waals surface area contributed by atoms with Crippen molar-refractivity contribution in [3.05, 3.63) is 87.9 Å². The molecule has 0 saturated carbocycles. The highest BCUT2D eigenvalue weighted by molar-refractivity contribution is 6.42. The topological polar surface area (TPSA) is 111 Å². The molecule has 1 unspecified atom stereocenters. The first kappa shape index (κ1) is 26.5. The van der Waals surface area contributed by atoms with Crippen LogP contribution in [0.4, 0.5) is 0 Å². The van der Waals surface area contributed by atoms with Crippen LogP contribution in [0.5, 0.6) is 5.75 Å². The number of likely N-dealkylation sites (tertiary alicyclic amines) is 1. The number of phenols is 1. The van der Waals surface area contributed by atoms with E-state index in [0.717, 1.165) is 11.1 Å². The third-order valence-electron chi connectivity index (χ3n) is 6.07. The number of nitrogens with zero attached hydrogens (tertiary/aromatic N) is 2. The maximum atomic E-state index is 13.4. The van der Waals surface area contributed by atoms with E-state index in [9.17, 15) is 19.8 Å². The molecule has 0 aromatic heterocycles. The lowest BCUT2D eigenvalue weighted by Gasteiger charge is -2.24. The quantitative estimate of drug-likeness (QED) is 0.383. The molecule has 0 radical (unpaired) electrons. The molecule has 10 heteroatoms. The van der Waals surface area contributed by atoms with Gasteiger partial charge < -0.3 is 25.3 Å². The molecule has 0 spiro atoms. The number of oxime groups is 1. The van der Waals surface area contributed by atoms with Crippen molar-refractivity contribution in [1.29, 1.82) is 0 Å². The van der Waals surface area contributed by atoms with Crippen LogP contribution in [0.15, 0.2) is 71.9 Å². The fraction of sp³-hybridized carbons (Fsp3) is 0.222. The Morgan fingerprint density at radius 2 is 1.73 bits per heavy atom. The summed E-state index contributed by atoms with van der Waals surface area (Å²) in [4.78, 5) is 32.8. The van der Waals surface area contributed by atoms with Crippen molar-refractivity contribution >= 4 is 40.7 Å². The van der Waals surface area contributed by atoms with Gasteiger partial charge in [-0.05, 0) is 53.1 Å². The van der Waals surface area contributed by atoms with Gasteiger partial charge in [0.05, 0.1) is 28.4 Å². The third-order valence-corrected chi connectivity index (χ3v) is 6.81. The van der Waals surface area contributed by atoms with Crippen molar-refractivity contribution in [2.75, 3.05) is 20.2 Å². The van der Waals surface area contributed by atoms with Crippen molar-refractivity contribution in [2.24, 2.45) is 5.16 Å². The number of halogens is 2. The van der Waals surface area contributed by atoms with Crippen molar-refractivity contribution in [3.8, 4) is 16.9 Å². The van der Waals surface area contributed by atoms with Crippen LogP contribution >= 0.6 is 23.2 Å². The molecule has 37 heavy (non-hydrogen) atoms. The molecule has 1 aliphatic rings. The number of hydrogen-bond donors (Lipinski definition) is 3. The molecule has 8 nitrogen and oxygen atoms in total. The predicted octanol–water partition coefficient (Wildman–Crippen LogP) is 4.43. The molecular weight excluding hydrogens is 517 g/mol. The van der Waals surface area contributed by atoms with E-state index in [-0.39, 0.29) is 31.2 Å². The Bertz CT molecular complexity index is 1310. The summed E-state index contributed by atoms with van der Waals surface area (Å²) < 4.78 is 0. The van der Waals surface area contributed by atoms with Crippen LogP contribution in [0.25, 0.3) is 11.1 Å². The van der Waals surface area contributed by atoms with Crippen LogP contribution in [-0.2, 0) is 9.63 Å². The maximum Gasteiger partial charge on any atom is 0.254 e. The van der Waals surface area contributed by atoms with Gasteiger partial charge in [0, 0.05) is 18.5 Å². The fourth-order valence-electron chi connectivity index (χ4n) is 4.12. The number of aromatic hydroxyl groups is 1. The van der Waals surface area contributed by atoms with Gasteiger partial charge in [-0.3, -0.25) is 9.59 Å². The Labute approximate surface area is 224 Å². The summed E-state index contributed by atoms with van der Waals surface area (Å²) in [6.45, 7) is 0.0804. The van der Waals surface area contributed by atoms with E-state index in [4.69, 9.17) is 28.0 Å². The Kier molecular flexibility index (Phi) is 8.33. The second-order valence-electron chi connectivity index (χ2n) is 8.55. The molecule has 1 heterocycles. The smallest absolute Gasteiger partial charge is 0.254 e. The van der Waals surface area contributed by atoms with E-state index in [2.05, 4.69) is 10.5 Å². The van der Waals surface area contributed by atoms with E-state index in [1.165, 1.54) is 24.1 Å². The first-order valence-electron chi connectivity index (χ1n) is 11.5. The number of hydrogen-bond acceptors (Lipinski definition) is 6. The average Bonchev–Trinajstić information content (AvgIpc) is 3.33. The van der Waals surface area contributed by atoms with Crippen LogP contribution in [0.1, 0.15) is 28.4 Å². The number of rotatable bonds is 7. The van der Waals surface area contributed by atoms with Gasteiger partial charge in [0.25, 0.3) is 5.91 Å². The minimum Gasteiger partial charge on any atom is -0.508 e. The zero-order chi connectivity index (χ0) is 26.5. The lowest BCUT2D eigenvalue weighted by atomic mass is 10.0. The molecule has 2 atom stereocenters. The van der Waals surface area contributed by atoms with Gasteiger partial charge in [0.15, 0.2) is 0 Å². The van der Waals surface area contributed by atoms with Gasteiger partial charge in [0.1, 0.15) is 18.9 Å². The maximum absolute atomic E-state index is 13.4. The highest BCUT2D eigenvalue weighted by Crippen LogP contribution is 2.29. The molecular formula is C27H25Cl2N3O5. The standard InChI is InChI=1S/C27H25Cl2N3O5/c1-37-31-20-13-24(26(35)30-14-25(34)17-6-9-21(33)10-7-17)32(15-20)27(36)18-4-2-16(3-5-18)19-8-11-22(28)23(29)12-19/h2-12,24-25,33-34H,13-15H2,1H3,(H,30,35)/b31-20-/t24-,25?/m0/s1. The van der Waals surface area contributed by atoms with Crippen LogP contribution < -0.4 is 5.32 Å². The molecule has 1 aliphatic heterocycles. The zero-order valence-electron chi connectivity index (χ0n) is 19.9. The second-order valence-corrected chi connectivity index (χ2v) is 9.37. The monoisotopic (exact) mass is 541 g/mol. The average molecular weight is 542 g/mol. The number of aliphatic hydroxyl groups excluding tert-OH is 1. The van der Waals surface area contributed by atoms with Gasteiger partial charge in [-0.1, -0.05) is 58.7 Å². The number of phenolic OH excluding ortho intramolecular Hbond substituents is 1. The summed E-state index contributed by atoms with van der Waals surface area (Å²) in [6.07, 6.45) is -0.765. The number of aliphatic hydroxyl groups is 1. The summed E-state index contributed by atoms with van der Waals surface area (Å²) in [7, 11) is 1.41. The normalized spacial score (nSPS) is 17.0. The first-order chi connectivity index (χ1) is 17.8.